The smallest absolute Gasteiger partial charge is 0.261 e. The molecular formula is C29H25BrClN5O3. The molecule has 1 aliphatic rings. The Bertz CT molecular complexity index is 1550. The molecule has 8 nitrogen and oxygen atoms in total. The van der Waals surface area contributed by atoms with Crippen LogP contribution in [0.25, 0.3) is 0 Å². The summed E-state index contributed by atoms with van der Waals surface area (Å²) in [7, 11) is 0. The Labute approximate surface area is 239 Å². The summed E-state index contributed by atoms with van der Waals surface area (Å²) < 4.78 is 8.05. The first kappa shape index (κ1) is 26.5. The van der Waals surface area contributed by atoms with E-state index in [1.54, 1.807) is 53.2 Å². The molecular weight excluding hydrogens is 582 g/mol. The first-order valence-corrected chi connectivity index (χ1v) is 13.4. The molecule has 4 aromatic rings. The minimum Gasteiger partial charge on any atom is -0.494 e. The first-order valence-electron chi connectivity index (χ1n) is 12.3. The molecule has 1 aromatic heterocycles. The van der Waals surface area contributed by atoms with Crippen LogP contribution in [-0.4, -0.2) is 28.2 Å². The zero-order valence-electron chi connectivity index (χ0n) is 21.2. The summed E-state index contributed by atoms with van der Waals surface area (Å²) >= 11 is 9.48. The second-order valence-electron chi connectivity index (χ2n) is 8.84. The second-order valence-corrected chi connectivity index (χ2v) is 10.2. The van der Waals surface area contributed by atoms with Crippen LogP contribution in [0.4, 0.5) is 17.2 Å². The molecule has 1 aliphatic heterocycles. The van der Waals surface area contributed by atoms with Crippen LogP contribution in [0.1, 0.15) is 35.8 Å². The Hall–Kier alpha value is -4.08. The van der Waals surface area contributed by atoms with Crippen molar-refractivity contribution < 1.29 is 14.3 Å². The lowest BCUT2D eigenvalue weighted by atomic mass is 9.94. The van der Waals surface area contributed by atoms with E-state index in [2.05, 4.69) is 37.0 Å². The van der Waals surface area contributed by atoms with Crippen molar-refractivity contribution >= 4 is 56.5 Å². The Morgan fingerprint density at radius 3 is 2.23 bits per heavy atom. The number of allylic oxidation sites excluding steroid dienone is 1. The van der Waals surface area contributed by atoms with Crippen molar-refractivity contribution in [2.24, 2.45) is 0 Å². The highest BCUT2D eigenvalue weighted by Gasteiger charge is 2.35. The predicted octanol–water partition coefficient (Wildman–Crippen LogP) is 6.88. The maximum absolute atomic E-state index is 13.6. The maximum atomic E-state index is 13.6. The van der Waals surface area contributed by atoms with E-state index in [1.807, 2.05) is 38.1 Å². The van der Waals surface area contributed by atoms with E-state index in [4.69, 9.17) is 16.3 Å². The van der Waals surface area contributed by atoms with Gasteiger partial charge >= 0.3 is 0 Å². The summed E-state index contributed by atoms with van der Waals surface area (Å²) in [6, 6.07) is 21.1. The molecule has 2 amide bonds. The van der Waals surface area contributed by atoms with Crippen molar-refractivity contribution in [2.45, 2.75) is 19.9 Å². The predicted molar refractivity (Wildman–Crippen MR) is 156 cm³/mol. The van der Waals surface area contributed by atoms with Gasteiger partial charge in [0.15, 0.2) is 0 Å². The number of anilines is 3. The minimum atomic E-state index is -0.575. The quantitative estimate of drug-likeness (QED) is 0.213. The Kier molecular flexibility index (Phi) is 7.72. The van der Waals surface area contributed by atoms with Crippen LogP contribution in [-0.2, 0) is 4.79 Å². The summed E-state index contributed by atoms with van der Waals surface area (Å²) in [5, 5.41) is 14.2. The van der Waals surface area contributed by atoms with E-state index in [9.17, 15) is 9.59 Å². The van der Waals surface area contributed by atoms with Gasteiger partial charge in [-0.1, -0.05) is 39.7 Å². The third-order valence-corrected chi connectivity index (χ3v) is 7.00. The number of carbonyl (C=O) groups is 2. The lowest BCUT2D eigenvalue weighted by Gasteiger charge is -2.30. The monoisotopic (exact) mass is 605 g/mol. The highest BCUT2D eigenvalue weighted by Crippen LogP contribution is 2.38. The highest BCUT2D eigenvalue weighted by atomic mass is 79.9. The number of nitrogens with zero attached hydrogens (tertiary/aromatic N) is 2. The van der Waals surface area contributed by atoms with Crippen LogP contribution in [0.5, 0.6) is 5.75 Å². The minimum absolute atomic E-state index is 0.295. The summed E-state index contributed by atoms with van der Waals surface area (Å²) in [6.07, 6.45) is 1.51. The number of amides is 2. The van der Waals surface area contributed by atoms with Gasteiger partial charge in [-0.15, -0.1) is 0 Å². The van der Waals surface area contributed by atoms with Gasteiger partial charge in [0, 0.05) is 26.6 Å². The van der Waals surface area contributed by atoms with Crippen molar-refractivity contribution in [3.63, 3.8) is 0 Å². The van der Waals surface area contributed by atoms with E-state index >= 15 is 0 Å². The Morgan fingerprint density at radius 1 is 0.974 bits per heavy atom. The molecule has 0 fully saturated rings. The van der Waals surface area contributed by atoms with Crippen molar-refractivity contribution in [1.82, 2.24) is 9.78 Å². The van der Waals surface area contributed by atoms with Gasteiger partial charge in [-0.25, -0.2) is 4.68 Å². The molecule has 0 bridgehead atoms. The Balaban J connectivity index is 1.48. The van der Waals surface area contributed by atoms with Crippen LogP contribution in [0.3, 0.4) is 0 Å². The van der Waals surface area contributed by atoms with Crippen molar-refractivity contribution in [2.75, 3.05) is 22.6 Å². The largest absolute Gasteiger partial charge is 0.494 e. The van der Waals surface area contributed by atoms with E-state index < -0.39 is 6.04 Å². The van der Waals surface area contributed by atoms with Gasteiger partial charge in [-0.3, -0.25) is 9.59 Å². The lowest BCUT2D eigenvalue weighted by Crippen LogP contribution is -2.32. The molecule has 0 aliphatic carbocycles. The number of carbonyl (C=O) groups excluding carboxylic acids is 2. The number of rotatable bonds is 7. The lowest BCUT2D eigenvalue weighted by molar-refractivity contribution is -0.113. The van der Waals surface area contributed by atoms with Gasteiger partial charge < -0.3 is 20.7 Å². The van der Waals surface area contributed by atoms with Crippen molar-refractivity contribution in [3.8, 4) is 5.75 Å². The standard InChI is InChI=1S/C29H25BrClN5O3/c1-3-39-23-14-12-22(13-15-23)34-28(37)24-16-32-36-26(18-4-6-19(30)7-5-18)25(17(2)33-27(24)36)29(38)35-21-10-8-20(31)9-11-21/h4-16,26,33H,3H2,1-2H3,(H,34,37)(H,35,38)/t26-/m0/s1. The molecule has 2 heterocycles. The van der Waals surface area contributed by atoms with Crippen LogP contribution in [0.2, 0.25) is 5.02 Å². The fourth-order valence-electron chi connectivity index (χ4n) is 4.40. The van der Waals surface area contributed by atoms with Crippen molar-refractivity contribution in [3.05, 3.63) is 111 Å². The number of halogens is 2. The van der Waals surface area contributed by atoms with Crippen LogP contribution in [0.15, 0.2) is 94.7 Å². The molecule has 5 rings (SSSR count). The molecule has 10 heteroatoms. The number of nitrogens with one attached hydrogen (secondary N) is 3. The summed E-state index contributed by atoms with van der Waals surface area (Å²) in [5.41, 5.74) is 3.50. The van der Waals surface area contributed by atoms with Gasteiger partial charge in [0.2, 0.25) is 0 Å². The fourth-order valence-corrected chi connectivity index (χ4v) is 4.79. The third-order valence-electron chi connectivity index (χ3n) is 6.22. The zero-order chi connectivity index (χ0) is 27.5. The molecule has 0 saturated carbocycles. The SMILES string of the molecule is CCOc1ccc(NC(=O)c2cnn3c2NC(C)=C(C(=O)Nc2ccc(Cl)cc2)[C@@H]3c2ccc(Br)cc2)cc1. The fraction of sp³-hybridized carbons (Fsp3) is 0.138. The molecule has 39 heavy (non-hydrogen) atoms. The van der Waals surface area contributed by atoms with Crippen molar-refractivity contribution in [1.29, 1.82) is 0 Å². The summed E-state index contributed by atoms with van der Waals surface area (Å²) in [4.78, 5) is 26.9. The highest BCUT2D eigenvalue weighted by molar-refractivity contribution is 9.10. The second kappa shape index (κ2) is 11.3. The number of hydrogen-bond acceptors (Lipinski definition) is 5. The van der Waals surface area contributed by atoms with Crippen LogP contribution in [0, 0.1) is 0 Å². The first-order chi connectivity index (χ1) is 18.8. The van der Waals surface area contributed by atoms with Gasteiger partial charge in [-0.2, -0.15) is 5.10 Å². The van der Waals surface area contributed by atoms with Crippen LogP contribution >= 0.6 is 27.5 Å². The maximum Gasteiger partial charge on any atom is 0.261 e. The molecule has 3 N–H and O–H groups in total. The summed E-state index contributed by atoms with van der Waals surface area (Å²) in [6.45, 7) is 4.29. The summed E-state index contributed by atoms with van der Waals surface area (Å²) in [5.74, 6) is 0.593. The number of aromatic nitrogens is 2. The van der Waals surface area contributed by atoms with Gasteiger partial charge in [0.1, 0.15) is 23.2 Å². The average molecular weight is 607 g/mol. The molecule has 198 valence electrons. The Morgan fingerprint density at radius 2 is 1.59 bits per heavy atom. The number of fused-ring (bicyclic) bond motifs is 1. The molecule has 0 radical (unpaired) electrons. The van der Waals surface area contributed by atoms with Crippen LogP contribution < -0.4 is 20.7 Å². The van der Waals surface area contributed by atoms with E-state index in [0.29, 0.717) is 45.7 Å². The average Bonchev–Trinajstić information content (AvgIpc) is 3.34. The molecule has 0 unspecified atom stereocenters. The molecule has 1 atom stereocenters. The van der Waals surface area contributed by atoms with Gasteiger partial charge in [0.25, 0.3) is 11.8 Å². The van der Waals surface area contributed by atoms with E-state index in [1.165, 1.54) is 6.20 Å². The molecule has 0 saturated heterocycles. The number of benzene rings is 3. The number of hydrogen-bond donors (Lipinski definition) is 3. The molecule has 3 aromatic carbocycles. The van der Waals surface area contributed by atoms with E-state index in [0.717, 1.165) is 15.8 Å². The normalized spacial score (nSPS) is 14.3. The van der Waals surface area contributed by atoms with Gasteiger partial charge in [0.05, 0.1) is 18.4 Å². The zero-order valence-corrected chi connectivity index (χ0v) is 23.5. The number of ether oxygens (including phenoxy) is 1. The topological polar surface area (TPSA) is 97.3 Å². The third kappa shape index (κ3) is 5.69. The van der Waals surface area contributed by atoms with Gasteiger partial charge in [-0.05, 0) is 80.1 Å². The molecule has 0 spiro atoms. The van der Waals surface area contributed by atoms with E-state index in [-0.39, 0.29) is 11.8 Å².